The number of halogens is 4. The molecule has 4 nitrogen and oxygen atoms in total. The van der Waals surface area contributed by atoms with Crippen molar-refractivity contribution in [3.63, 3.8) is 0 Å². The van der Waals surface area contributed by atoms with E-state index in [1.807, 2.05) is 12.1 Å². The standard InChI is InChI=1S/C35H18F4O4/c1-17-15-28(38)33(29(39)16-17)43-35(41)25-14-12-23-18-5-2-7-20-24(34(40)42-32-26(36)9-4-10-27(32)37)13-11-22(30(18)20)19-6-3-8-21(25)31(19)23/h2-16H,1H3. The van der Waals surface area contributed by atoms with Crippen LogP contribution >= 0.6 is 0 Å². The van der Waals surface area contributed by atoms with E-state index in [0.717, 1.165) is 45.8 Å². The third kappa shape index (κ3) is 4.14. The van der Waals surface area contributed by atoms with Crippen LogP contribution in [0.25, 0.3) is 43.1 Å². The summed E-state index contributed by atoms with van der Waals surface area (Å²) in [6.07, 6.45) is 0. The molecule has 0 aliphatic rings. The normalized spacial score (nSPS) is 11.6. The fraction of sp³-hybridized carbons (Fsp3) is 0.0286. The van der Waals surface area contributed by atoms with E-state index in [2.05, 4.69) is 0 Å². The minimum Gasteiger partial charge on any atom is -0.417 e. The van der Waals surface area contributed by atoms with E-state index < -0.39 is 46.7 Å². The molecular formula is C35H18F4O4. The zero-order valence-corrected chi connectivity index (χ0v) is 22.3. The van der Waals surface area contributed by atoms with Crippen molar-refractivity contribution < 1.29 is 36.6 Å². The van der Waals surface area contributed by atoms with Gasteiger partial charge in [0.15, 0.2) is 23.3 Å². The van der Waals surface area contributed by atoms with Crippen molar-refractivity contribution in [2.24, 2.45) is 0 Å². The largest absolute Gasteiger partial charge is 0.417 e. The van der Waals surface area contributed by atoms with Crippen molar-refractivity contribution >= 4 is 55.0 Å². The first kappa shape index (κ1) is 26.4. The molecule has 43 heavy (non-hydrogen) atoms. The molecule has 0 fully saturated rings. The average Bonchev–Trinajstić information content (AvgIpc) is 2.99. The molecule has 8 heteroatoms. The topological polar surface area (TPSA) is 52.6 Å². The minimum absolute atomic E-state index is 0.112. The fourth-order valence-corrected chi connectivity index (χ4v) is 5.73. The Labute approximate surface area is 241 Å². The van der Waals surface area contributed by atoms with E-state index in [4.69, 9.17) is 9.47 Å². The second kappa shape index (κ2) is 9.80. The van der Waals surface area contributed by atoms with Gasteiger partial charge in [0, 0.05) is 0 Å². The van der Waals surface area contributed by atoms with Crippen molar-refractivity contribution in [2.45, 2.75) is 6.92 Å². The molecule has 0 aliphatic carbocycles. The molecule has 7 aromatic carbocycles. The van der Waals surface area contributed by atoms with Gasteiger partial charge < -0.3 is 9.47 Å². The molecule has 0 amide bonds. The van der Waals surface area contributed by atoms with Crippen molar-refractivity contribution in [1.82, 2.24) is 0 Å². The van der Waals surface area contributed by atoms with Crippen LogP contribution in [0.4, 0.5) is 17.6 Å². The van der Waals surface area contributed by atoms with Crippen LogP contribution in [0.1, 0.15) is 26.3 Å². The monoisotopic (exact) mass is 578 g/mol. The molecule has 0 heterocycles. The molecule has 0 atom stereocenters. The number of ether oxygens (including phenoxy) is 2. The predicted molar refractivity (Wildman–Crippen MR) is 155 cm³/mol. The Morgan fingerprint density at radius 1 is 0.488 bits per heavy atom. The van der Waals surface area contributed by atoms with Gasteiger partial charge in [0.25, 0.3) is 0 Å². The van der Waals surface area contributed by atoms with Crippen LogP contribution in [0.2, 0.25) is 0 Å². The van der Waals surface area contributed by atoms with Gasteiger partial charge in [0.2, 0.25) is 11.5 Å². The lowest BCUT2D eigenvalue weighted by atomic mass is 9.87. The first-order valence-corrected chi connectivity index (χ1v) is 13.2. The lowest BCUT2D eigenvalue weighted by Gasteiger charge is -2.17. The van der Waals surface area contributed by atoms with Crippen LogP contribution < -0.4 is 9.47 Å². The van der Waals surface area contributed by atoms with Gasteiger partial charge in [-0.1, -0.05) is 54.6 Å². The van der Waals surface area contributed by atoms with E-state index >= 15 is 0 Å². The first-order chi connectivity index (χ1) is 20.7. The van der Waals surface area contributed by atoms with Gasteiger partial charge in [-0.05, 0) is 92.0 Å². The predicted octanol–water partition coefficient (Wildman–Crippen LogP) is 9.04. The number of hydrogen-bond donors (Lipinski definition) is 0. The zero-order valence-electron chi connectivity index (χ0n) is 22.3. The molecule has 0 spiro atoms. The van der Waals surface area contributed by atoms with E-state index in [1.54, 1.807) is 36.4 Å². The average molecular weight is 579 g/mol. The van der Waals surface area contributed by atoms with Crippen molar-refractivity contribution in [3.8, 4) is 11.5 Å². The molecule has 0 aromatic heterocycles. The second-order valence-electron chi connectivity index (χ2n) is 10.2. The van der Waals surface area contributed by atoms with Gasteiger partial charge in [0.05, 0.1) is 11.1 Å². The maximum Gasteiger partial charge on any atom is 0.344 e. The van der Waals surface area contributed by atoms with Crippen LogP contribution in [0.5, 0.6) is 11.5 Å². The van der Waals surface area contributed by atoms with Gasteiger partial charge in [-0.3, -0.25) is 0 Å². The molecular weight excluding hydrogens is 560 g/mol. The summed E-state index contributed by atoms with van der Waals surface area (Å²) in [5.74, 6) is -7.38. The first-order valence-electron chi connectivity index (χ1n) is 13.2. The number of para-hydroxylation sites is 1. The molecule has 0 unspecified atom stereocenters. The molecule has 0 N–H and O–H groups in total. The summed E-state index contributed by atoms with van der Waals surface area (Å²) in [4.78, 5) is 26.4. The van der Waals surface area contributed by atoms with Crippen molar-refractivity contribution in [3.05, 3.63) is 131 Å². The Bertz CT molecular complexity index is 2230. The van der Waals surface area contributed by atoms with Crippen LogP contribution in [0.3, 0.4) is 0 Å². The van der Waals surface area contributed by atoms with E-state index in [-0.39, 0.29) is 11.1 Å². The van der Waals surface area contributed by atoms with E-state index in [1.165, 1.54) is 25.1 Å². The highest BCUT2D eigenvalue weighted by atomic mass is 19.1. The minimum atomic E-state index is -1.00. The summed E-state index contributed by atoms with van der Waals surface area (Å²) < 4.78 is 67.7. The van der Waals surface area contributed by atoms with Crippen LogP contribution in [0.15, 0.2) is 91.0 Å². The number of hydrogen-bond acceptors (Lipinski definition) is 4. The number of fused-ring (bicyclic) bond motifs is 2. The number of carbonyl (C=O) groups is 2. The number of esters is 2. The van der Waals surface area contributed by atoms with Gasteiger partial charge in [0.1, 0.15) is 0 Å². The number of aryl methyl sites for hydroxylation is 1. The van der Waals surface area contributed by atoms with Crippen molar-refractivity contribution in [2.75, 3.05) is 0 Å². The van der Waals surface area contributed by atoms with Gasteiger partial charge >= 0.3 is 11.9 Å². The molecule has 0 bridgehead atoms. The lowest BCUT2D eigenvalue weighted by molar-refractivity contribution is 0.0713. The third-order valence-electron chi connectivity index (χ3n) is 7.55. The molecule has 7 aromatic rings. The van der Waals surface area contributed by atoms with Crippen molar-refractivity contribution in [1.29, 1.82) is 0 Å². The smallest absolute Gasteiger partial charge is 0.344 e. The highest BCUT2D eigenvalue weighted by Crippen LogP contribution is 2.42. The zero-order chi connectivity index (χ0) is 30.0. The maximum absolute atomic E-state index is 14.4. The summed E-state index contributed by atoms with van der Waals surface area (Å²) in [7, 11) is 0. The molecule has 0 saturated heterocycles. The highest BCUT2D eigenvalue weighted by Gasteiger charge is 2.24. The van der Waals surface area contributed by atoms with E-state index in [0.29, 0.717) is 27.1 Å². The highest BCUT2D eigenvalue weighted by molar-refractivity contribution is 6.35. The van der Waals surface area contributed by atoms with E-state index in [9.17, 15) is 27.2 Å². The fourth-order valence-electron chi connectivity index (χ4n) is 5.73. The Balaban J connectivity index is 1.39. The van der Waals surface area contributed by atoms with Crippen LogP contribution in [0, 0.1) is 30.2 Å². The van der Waals surface area contributed by atoms with Crippen LogP contribution in [-0.2, 0) is 0 Å². The Morgan fingerprint density at radius 2 is 0.860 bits per heavy atom. The van der Waals surface area contributed by atoms with Gasteiger partial charge in [-0.15, -0.1) is 0 Å². The molecule has 210 valence electrons. The number of rotatable bonds is 4. The molecule has 0 aliphatic heterocycles. The Hall–Kier alpha value is -5.50. The maximum atomic E-state index is 14.4. The SMILES string of the molecule is Cc1cc(F)c(OC(=O)c2ccc3c4cccc5c(C(=O)Oc6c(F)cccc6F)ccc(c6cccc2c63)c54)c(F)c1. The Kier molecular flexibility index (Phi) is 6.02. The van der Waals surface area contributed by atoms with Crippen LogP contribution in [-0.4, -0.2) is 11.9 Å². The number of carbonyl (C=O) groups excluding carboxylic acids is 2. The summed E-state index contributed by atoms with van der Waals surface area (Å²) in [6.45, 7) is 1.52. The Morgan fingerprint density at radius 3 is 1.33 bits per heavy atom. The lowest BCUT2D eigenvalue weighted by Crippen LogP contribution is -2.12. The summed E-state index contributed by atoms with van der Waals surface area (Å²) in [5.41, 5.74) is 0.573. The summed E-state index contributed by atoms with van der Waals surface area (Å²) >= 11 is 0. The molecule has 0 radical (unpaired) electrons. The molecule has 0 saturated carbocycles. The summed E-state index contributed by atoms with van der Waals surface area (Å²) in [6, 6.07) is 22.4. The molecule has 7 rings (SSSR count). The number of benzene rings is 7. The second-order valence-corrected chi connectivity index (χ2v) is 10.2. The quantitative estimate of drug-likeness (QED) is 0.0688. The van der Waals surface area contributed by atoms with Gasteiger partial charge in [-0.25, -0.2) is 27.2 Å². The van der Waals surface area contributed by atoms with Gasteiger partial charge in [-0.2, -0.15) is 0 Å². The third-order valence-corrected chi connectivity index (χ3v) is 7.55. The summed E-state index contributed by atoms with van der Waals surface area (Å²) in [5, 5.41) is 5.44.